The third-order valence-electron chi connectivity index (χ3n) is 3.05. The first-order valence-electron chi connectivity index (χ1n) is 7.76. The van der Waals surface area contributed by atoms with Crippen LogP contribution in [0.25, 0.3) is 0 Å². The summed E-state index contributed by atoms with van der Waals surface area (Å²) in [6.45, 7) is 9.05. The minimum Gasteiger partial charge on any atom is -0.494 e. The first-order valence-corrected chi connectivity index (χ1v) is 7.76. The normalized spacial score (nSPS) is 11.6. The minimum absolute atomic E-state index is 0.617. The average molecular weight is 291 g/mol. The number of unbranched alkanes of at least 4 members (excludes halogenated alkanes) is 1. The third kappa shape index (κ3) is 8.23. The van der Waals surface area contributed by atoms with Crippen molar-refractivity contribution in [3.63, 3.8) is 0 Å². The van der Waals surface area contributed by atoms with Crippen molar-refractivity contribution in [1.29, 1.82) is 0 Å². The van der Waals surface area contributed by atoms with Gasteiger partial charge in [-0.3, -0.25) is 4.99 Å². The zero-order chi connectivity index (χ0) is 15.5. The summed E-state index contributed by atoms with van der Waals surface area (Å²) in [6, 6.07) is 8.18. The molecule has 0 atom stereocenters. The zero-order valence-corrected chi connectivity index (χ0v) is 13.8. The molecule has 1 aromatic carbocycles. The van der Waals surface area contributed by atoms with E-state index in [1.165, 1.54) is 5.56 Å². The molecule has 0 fully saturated rings. The van der Waals surface area contributed by atoms with E-state index >= 15 is 0 Å². The lowest BCUT2D eigenvalue weighted by Gasteiger charge is -2.13. The predicted molar refractivity (Wildman–Crippen MR) is 90.1 cm³/mol. The number of aliphatic imine (C=N–C) groups is 1. The molecular formula is C17H29N3O. The van der Waals surface area contributed by atoms with Gasteiger partial charge in [-0.25, -0.2) is 0 Å². The highest BCUT2D eigenvalue weighted by Crippen LogP contribution is 2.11. The second-order valence-electron chi connectivity index (χ2n) is 5.64. The van der Waals surface area contributed by atoms with Crippen molar-refractivity contribution in [2.45, 2.75) is 33.6 Å². The molecule has 0 saturated carbocycles. The molecule has 0 bridgehead atoms. The Bertz CT molecular complexity index is 413. The van der Waals surface area contributed by atoms with Gasteiger partial charge < -0.3 is 15.4 Å². The van der Waals surface area contributed by atoms with Gasteiger partial charge in [0.05, 0.1) is 6.61 Å². The number of guanidine groups is 1. The van der Waals surface area contributed by atoms with Crippen LogP contribution in [0.1, 0.15) is 32.3 Å². The van der Waals surface area contributed by atoms with Crippen molar-refractivity contribution in [1.82, 2.24) is 10.6 Å². The zero-order valence-electron chi connectivity index (χ0n) is 13.8. The van der Waals surface area contributed by atoms with Crippen LogP contribution in [0.2, 0.25) is 0 Å². The smallest absolute Gasteiger partial charge is 0.190 e. The van der Waals surface area contributed by atoms with E-state index in [1.54, 1.807) is 7.05 Å². The van der Waals surface area contributed by atoms with Crippen LogP contribution in [0.5, 0.6) is 5.75 Å². The van der Waals surface area contributed by atoms with E-state index < -0.39 is 0 Å². The van der Waals surface area contributed by atoms with Crippen molar-refractivity contribution < 1.29 is 4.74 Å². The molecule has 1 aromatic rings. The topological polar surface area (TPSA) is 45.7 Å². The van der Waals surface area contributed by atoms with Gasteiger partial charge in [0.25, 0.3) is 0 Å². The summed E-state index contributed by atoms with van der Waals surface area (Å²) in [5, 5.41) is 6.61. The van der Waals surface area contributed by atoms with E-state index in [-0.39, 0.29) is 0 Å². The molecule has 2 N–H and O–H groups in total. The lowest BCUT2D eigenvalue weighted by Crippen LogP contribution is -2.39. The second kappa shape index (κ2) is 10.1. The summed E-state index contributed by atoms with van der Waals surface area (Å²) in [6.07, 6.45) is 2.09. The Hall–Kier alpha value is -1.71. The molecule has 0 aromatic heterocycles. The number of nitrogens with one attached hydrogen (secondary N) is 2. The van der Waals surface area contributed by atoms with Crippen LogP contribution in [0.15, 0.2) is 29.3 Å². The van der Waals surface area contributed by atoms with E-state index in [2.05, 4.69) is 48.5 Å². The van der Waals surface area contributed by atoms with Gasteiger partial charge in [0.1, 0.15) is 5.75 Å². The molecule has 4 heteroatoms. The summed E-state index contributed by atoms with van der Waals surface area (Å²) < 4.78 is 5.70. The second-order valence-corrected chi connectivity index (χ2v) is 5.64. The highest BCUT2D eigenvalue weighted by molar-refractivity contribution is 5.79. The number of hydrogen-bond acceptors (Lipinski definition) is 2. The Labute approximate surface area is 129 Å². The van der Waals surface area contributed by atoms with Gasteiger partial charge in [0.15, 0.2) is 5.96 Å². The average Bonchev–Trinajstić information content (AvgIpc) is 2.47. The number of benzene rings is 1. The molecule has 0 aliphatic rings. The van der Waals surface area contributed by atoms with Gasteiger partial charge in [0, 0.05) is 20.1 Å². The van der Waals surface area contributed by atoms with Crippen LogP contribution in [-0.2, 0) is 0 Å². The molecule has 118 valence electrons. The maximum atomic E-state index is 5.70. The highest BCUT2D eigenvalue weighted by Gasteiger charge is 1.99. The van der Waals surface area contributed by atoms with Crippen LogP contribution in [0.4, 0.5) is 0 Å². The molecule has 0 unspecified atom stereocenters. The molecule has 4 nitrogen and oxygen atoms in total. The summed E-state index contributed by atoms with van der Waals surface area (Å²) in [5.74, 6) is 2.44. The Morgan fingerprint density at radius 1 is 1.14 bits per heavy atom. The van der Waals surface area contributed by atoms with Crippen molar-refractivity contribution in [2.24, 2.45) is 10.9 Å². The van der Waals surface area contributed by atoms with Crippen molar-refractivity contribution in [3.05, 3.63) is 29.8 Å². The van der Waals surface area contributed by atoms with Crippen molar-refractivity contribution in [3.8, 4) is 5.75 Å². The highest BCUT2D eigenvalue weighted by atomic mass is 16.5. The third-order valence-corrected chi connectivity index (χ3v) is 3.05. The van der Waals surface area contributed by atoms with Crippen molar-refractivity contribution in [2.75, 3.05) is 26.7 Å². The molecule has 0 aliphatic heterocycles. The van der Waals surface area contributed by atoms with Gasteiger partial charge in [-0.05, 0) is 37.8 Å². The molecule has 0 aliphatic carbocycles. The van der Waals surface area contributed by atoms with Gasteiger partial charge >= 0.3 is 0 Å². The number of hydrogen-bond donors (Lipinski definition) is 2. The monoisotopic (exact) mass is 291 g/mol. The van der Waals surface area contributed by atoms with Gasteiger partial charge in [-0.2, -0.15) is 0 Å². The lowest BCUT2D eigenvalue weighted by molar-refractivity contribution is 0.307. The standard InChI is InChI=1S/C17H29N3O/c1-14(2)13-20-17(18-4)19-11-5-6-12-21-16-9-7-15(3)8-10-16/h7-10,14H,5-6,11-13H2,1-4H3,(H2,18,19,20). The largest absolute Gasteiger partial charge is 0.494 e. The molecule has 0 spiro atoms. The van der Waals surface area contributed by atoms with Gasteiger partial charge in [0.2, 0.25) is 0 Å². The number of rotatable bonds is 8. The fourth-order valence-corrected chi connectivity index (χ4v) is 1.78. The first kappa shape index (κ1) is 17.3. The fourth-order valence-electron chi connectivity index (χ4n) is 1.78. The molecule has 0 saturated heterocycles. The molecule has 1 rings (SSSR count). The Kier molecular flexibility index (Phi) is 8.32. The fraction of sp³-hybridized carbons (Fsp3) is 0.588. The molecular weight excluding hydrogens is 262 g/mol. The van der Waals surface area contributed by atoms with E-state index in [9.17, 15) is 0 Å². The Morgan fingerprint density at radius 3 is 2.48 bits per heavy atom. The summed E-state index contributed by atoms with van der Waals surface area (Å²) in [7, 11) is 1.80. The number of aryl methyl sites for hydroxylation is 1. The Morgan fingerprint density at radius 2 is 1.86 bits per heavy atom. The minimum atomic E-state index is 0.617. The van der Waals surface area contributed by atoms with Gasteiger partial charge in [-0.1, -0.05) is 31.5 Å². The maximum absolute atomic E-state index is 5.70. The van der Waals surface area contributed by atoms with E-state index in [0.717, 1.165) is 44.2 Å². The summed E-state index contributed by atoms with van der Waals surface area (Å²) >= 11 is 0. The molecule has 0 amide bonds. The van der Waals surface area contributed by atoms with Crippen LogP contribution in [0.3, 0.4) is 0 Å². The molecule has 21 heavy (non-hydrogen) atoms. The first-order chi connectivity index (χ1) is 10.1. The van der Waals surface area contributed by atoms with E-state index in [4.69, 9.17) is 4.74 Å². The quantitative estimate of drug-likeness (QED) is 0.440. The Balaban J connectivity index is 2.07. The maximum Gasteiger partial charge on any atom is 0.190 e. The van der Waals surface area contributed by atoms with Crippen LogP contribution in [-0.4, -0.2) is 32.7 Å². The molecule has 0 heterocycles. The lowest BCUT2D eigenvalue weighted by atomic mass is 10.2. The van der Waals surface area contributed by atoms with E-state index in [0.29, 0.717) is 5.92 Å². The van der Waals surface area contributed by atoms with Crippen molar-refractivity contribution >= 4 is 5.96 Å². The van der Waals surface area contributed by atoms with Crippen LogP contribution >= 0.6 is 0 Å². The van der Waals surface area contributed by atoms with Gasteiger partial charge in [-0.15, -0.1) is 0 Å². The SMILES string of the molecule is CN=C(NCCCCOc1ccc(C)cc1)NCC(C)C. The van der Waals surface area contributed by atoms with Crippen LogP contribution < -0.4 is 15.4 Å². The number of ether oxygens (including phenoxy) is 1. The van der Waals surface area contributed by atoms with E-state index in [1.807, 2.05) is 12.1 Å². The summed E-state index contributed by atoms with van der Waals surface area (Å²) in [5.41, 5.74) is 1.26. The predicted octanol–water partition coefficient (Wildman–Crippen LogP) is 2.98. The summed E-state index contributed by atoms with van der Waals surface area (Å²) in [4.78, 5) is 4.20. The molecule has 0 radical (unpaired) electrons. The number of nitrogens with zero attached hydrogens (tertiary/aromatic N) is 1. The van der Waals surface area contributed by atoms with Crippen LogP contribution in [0, 0.1) is 12.8 Å².